The van der Waals surface area contributed by atoms with Crippen molar-refractivity contribution >= 4 is 17.6 Å². The van der Waals surface area contributed by atoms with Gasteiger partial charge in [-0.05, 0) is 78.9 Å². The lowest BCUT2D eigenvalue weighted by atomic mass is 9.82. The highest BCUT2D eigenvalue weighted by Crippen LogP contribution is 2.48. The molecular weight excluding hydrogens is 520 g/mol. The Morgan fingerprint density at radius 2 is 1.71 bits per heavy atom. The van der Waals surface area contributed by atoms with Crippen molar-refractivity contribution in [1.29, 1.82) is 0 Å². The zero-order valence-electron chi connectivity index (χ0n) is 24.1. The van der Waals surface area contributed by atoms with Crippen LogP contribution in [0.25, 0.3) is 0 Å². The zero-order chi connectivity index (χ0) is 29.1. The van der Waals surface area contributed by atoms with E-state index in [2.05, 4.69) is 26.8 Å². The monoisotopic (exact) mass is 558 g/mol. The molecule has 5 rings (SSSR count). The number of carbonyl (C=O) groups excluding carboxylic acids is 1. The van der Waals surface area contributed by atoms with Crippen molar-refractivity contribution in [2.45, 2.75) is 45.6 Å². The number of aryl methyl sites for hydroxylation is 2. The number of likely N-dealkylation sites (tertiary alicyclic amines) is 1. The SMILES string of the molecule is CCCCN(C(=O)CN1CC(c2ccc3c(c2)OCO3)C(C(=O)O)C1c1ccc(OC)cc1)c1ccc(C)c(C)c1. The molecule has 41 heavy (non-hydrogen) atoms. The fourth-order valence-corrected chi connectivity index (χ4v) is 5.94. The summed E-state index contributed by atoms with van der Waals surface area (Å²) in [4.78, 5) is 30.8. The lowest BCUT2D eigenvalue weighted by Gasteiger charge is -2.30. The minimum absolute atomic E-state index is 0.0457. The highest BCUT2D eigenvalue weighted by atomic mass is 16.7. The van der Waals surface area contributed by atoms with Crippen LogP contribution in [0, 0.1) is 19.8 Å². The van der Waals surface area contributed by atoms with Crippen LogP contribution < -0.4 is 19.1 Å². The molecule has 1 amide bonds. The standard InChI is InChI=1S/C33H38N2O6/c1-5-6-15-35(25-11-7-21(2)22(3)16-25)30(36)19-34-18-27(24-10-14-28-29(17-24)41-20-40-28)31(33(37)38)32(34)23-8-12-26(39-4)13-9-23/h7-14,16-17,27,31-32H,5-6,15,18-20H2,1-4H3,(H,37,38). The first-order valence-electron chi connectivity index (χ1n) is 14.2. The van der Waals surface area contributed by atoms with Gasteiger partial charge in [-0.25, -0.2) is 0 Å². The number of benzene rings is 3. The number of amides is 1. The molecule has 2 aliphatic rings. The molecular formula is C33H38N2O6. The number of methoxy groups -OCH3 is 1. The molecule has 3 unspecified atom stereocenters. The van der Waals surface area contributed by atoms with Gasteiger partial charge in [0.2, 0.25) is 12.7 Å². The van der Waals surface area contributed by atoms with E-state index in [1.165, 1.54) is 5.56 Å². The number of unbranched alkanes of at least 4 members (excludes halogenated alkanes) is 1. The Morgan fingerprint density at radius 3 is 2.39 bits per heavy atom. The topological polar surface area (TPSA) is 88.5 Å². The van der Waals surface area contributed by atoms with E-state index >= 15 is 0 Å². The van der Waals surface area contributed by atoms with Gasteiger partial charge in [0.25, 0.3) is 0 Å². The maximum Gasteiger partial charge on any atom is 0.309 e. The molecule has 3 aromatic rings. The summed E-state index contributed by atoms with van der Waals surface area (Å²) >= 11 is 0. The molecule has 1 saturated heterocycles. The summed E-state index contributed by atoms with van der Waals surface area (Å²) in [5, 5.41) is 10.6. The van der Waals surface area contributed by atoms with E-state index in [9.17, 15) is 14.7 Å². The van der Waals surface area contributed by atoms with Gasteiger partial charge in [-0.1, -0.05) is 37.6 Å². The summed E-state index contributed by atoms with van der Waals surface area (Å²) in [5.74, 6) is -0.125. The quantitative estimate of drug-likeness (QED) is 0.341. The molecule has 216 valence electrons. The van der Waals surface area contributed by atoms with Gasteiger partial charge in [0.15, 0.2) is 11.5 Å². The number of rotatable bonds is 10. The summed E-state index contributed by atoms with van der Waals surface area (Å²) in [6, 6.07) is 18.7. The lowest BCUT2D eigenvalue weighted by molar-refractivity contribution is -0.143. The van der Waals surface area contributed by atoms with Crippen molar-refractivity contribution in [1.82, 2.24) is 4.90 Å². The van der Waals surface area contributed by atoms with E-state index in [1.54, 1.807) is 7.11 Å². The van der Waals surface area contributed by atoms with Gasteiger partial charge in [-0.15, -0.1) is 0 Å². The Bertz CT molecular complexity index is 1410. The number of carbonyl (C=O) groups is 2. The Kier molecular flexibility index (Phi) is 8.49. The van der Waals surface area contributed by atoms with Gasteiger partial charge in [0.05, 0.1) is 19.6 Å². The van der Waals surface area contributed by atoms with Gasteiger partial charge in [-0.3, -0.25) is 14.5 Å². The number of hydrogen-bond donors (Lipinski definition) is 1. The highest BCUT2D eigenvalue weighted by Gasteiger charge is 2.48. The second kappa shape index (κ2) is 12.2. The molecule has 0 spiro atoms. The summed E-state index contributed by atoms with van der Waals surface area (Å²) < 4.78 is 16.4. The van der Waals surface area contributed by atoms with E-state index < -0.39 is 17.9 Å². The van der Waals surface area contributed by atoms with Crippen LogP contribution in [0.15, 0.2) is 60.7 Å². The van der Waals surface area contributed by atoms with E-state index in [1.807, 2.05) is 64.4 Å². The summed E-state index contributed by atoms with van der Waals surface area (Å²) in [5.41, 5.74) is 4.86. The van der Waals surface area contributed by atoms with Crippen molar-refractivity contribution in [3.05, 3.63) is 82.9 Å². The van der Waals surface area contributed by atoms with Gasteiger partial charge >= 0.3 is 5.97 Å². The maximum atomic E-state index is 14.0. The number of nitrogens with zero attached hydrogens (tertiary/aromatic N) is 2. The summed E-state index contributed by atoms with van der Waals surface area (Å²) in [7, 11) is 1.60. The minimum Gasteiger partial charge on any atom is -0.497 e. The van der Waals surface area contributed by atoms with Crippen LogP contribution in [0.5, 0.6) is 17.2 Å². The van der Waals surface area contributed by atoms with E-state index in [4.69, 9.17) is 14.2 Å². The van der Waals surface area contributed by atoms with Crippen LogP contribution in [0.2, 0.25) is 0 Å². The van der Waals surface area contributed by atoms with Gasteiger partial charge in [0.1, 0.15) is 5.75 Å². The first-order chi connectivity index (χ1) is 19.8. The Labute approximate surface area is 241 Å². The largest absolute Gasteiger partial charge is 0.497 e. The lowest BCUT2D eigenvalue weighted by Crippen LogP contribution is -2.41. The summed E-state index contributed by atoms with van der Waals surface area (Å²) in [6.45, 7) is 7.47. The van der Waals surface area contributed by atoms with Crippen LogP contribution in [0.4, 0.5) is 5.69 Å². The maximum absolute atomic E-state index is 14.0. The van der Waals surface area contributed by atoms with Crippen molar-refractivity contribution in [2.24, 2.45) is 5.92 Å². The number of carboxylic acids is 1. The molecule has 3 aromatic carbocycles. The molecule has 0 radical (unpaired) electrons. The van der Waals surface area contributed by atoms with E-state index in [-0.39, 0.29) is 25.2 Å². The fourth-order valence-electron chi connectivity index (χ4n) is 5.94. The van der Waals surface area contributed by atoms with Crippen molar-refractivity contribution in [3.8, 4) is 17.2 Å². The first kappa shape index (κ1) is 28.5. The van der Waals surface area contributed by atoms with Crippen molar-refractivity contribution < 1.29 is 28.9 Å². The van der Waals surface area contributed by atoms with Crippen LogP contribution in [0.3, 0.4) is 0 Å². The third-order valence-electron chi connectivity index (χ3n) is 8.34. The molecule has 8 heteroatoms. The van der Waals surface area contributed by atoms with Gasteiger partial charge in [0, 0.05) is 30.7 Å². The average molecular weight is 559 g/mol. The zero-order valence-corrected chi connectivity index (χ0v) is 24.1. The third kappa shape index (κ3) is 5.88. The summed E-state index contributed by atoms with van der Waals surface area (Å²) in [6.07, 6.45) is 1.83. The average Bonchev–Trinajstić information content (AvgIpc) is 3.59. The van der Waals surface area contributed by atoms with Crippen molar-refractivity contribution in [3.63, 3.8) is 0 Å². The predicted molar refractivity (Wildman–Crippen MR) is 157 cm³/mol. The first-order valence-corrected chi connectivity index (χ1v) is 14.2. The second-order valence-electron chi connectivity index (χ2n) is 10.9. The molecule has 2 heterocycles. The van der Waals surface area contributed by atoms with Crippen LogP contribution in [-0.4, -0.2) is 55.4 Å². The van der Waals surface area contributed by atoms with E-state index in [0.29, 0.717) is 30.3 Å². The number of hydrogen-bond acceptors (Lipinski definition) is 6. The highest BCUT2D eigenvalue weighted by molar-refractivity contribution is 5.95. The normalized spacial score (nSPS) is 19.8. The molecule has 0 bridgehead atoms. The number of ether oxygens (including phenoxy) is 3. The minimum atomic E-state index is -0.902. The Hall–Kier alpha value is -4.04. The second-order valence-corrected chi connectivity index (χ2v) is 10.9. The molecule has 8 nitrogen and oxygen atoms in total. The molecule has 2 aliphatic heterocycles. The number of carboxylic acid groups (broad SMARTS) is 1. The number of anilines is 1. The Morgan fingerprint density at radius 1 is 0.976 bits per heavy atom. The molecule has 1 fully saturated rings. The molecule has 3 atom stereocenters. The van der Waals surface area contributed by atoms with E-state index in [0.717, 1.165) is 35.2 Å². The smallest absolute Gasteiger partial charge is 0.309 e. The fraction of sp³-hybridized carbons (Fsp3) is 0.394. The molecule has 0 aromatic heterocycles. The molecule has 1 N–H and O–H groups in total. The van der Waals surface area contributed by atoms with Crippen LogP contribution in [-0.2, 0) is 9.59 Å². The number of fused-ring (bicyclic) bond motifs is 1. The van der Waals surface area contributed by atoms with Crippen molar-refractivity contribution in [2.75, 3.05) is 38.4 Å². The Balaban J connectivity index is 1.51. The van der Waals surface area contributed by atoms with Crippen LogP contribution >= 0.6 is 0 Å². The van der Waals surface area contributed by atoms with Gasteiger partial charge < -0.3 is 24.2 Å². The molecule has 0 saturated carbocycles. The van der Waals surface area contributed by atoms with Gasteiger partial charge in [-0.2, -0.15) is 0 Å². The third-order valence-corrected chi connectivity index (χ3v) is 8.34. The number of aliphatic carboxylic acids is 1. The van der Waals surface area contributed by atoms with Crippen LogP contribution in [0.1, 0.15) is 54.0 Å². The molecule has 0 aliphatic carbocycles. The predicted octanol–water partition coefficient (Wildman–Crippen LogP) is 5.72.